The predicted octanol–water partition coefficient (Wildman–Crippen LogP) is 0.0316. The van der Waals surface area contributed by atoms with Gasteiger partial charge in [-0.05, 0) is 0 Å². The van der Waals surface area contributed by atoms with Crippen LogP contribution < -0.4 is 4.74 Å². The Labute approximate surface area is 66.3 Å². The minimum atomic E-state index is 0.150. The van der Waals surface area contributed by atoms with E-state index in [1.165, 1.54) is 12.5 Å². The molecule has 0 aliphatic rings. The zero-order valence-corrected chi connectivity index (χ0v) is 5.88. The summed E-state index contributed by atoms with van der Waals surface area (Å²) in [6.45, 7) is 0.150. The van der Waals surface area contributed by atoms with Crippen LogP contribution in [0.3, 0.4) is 0 Å². The Morgan fingerprint density at radius 1 is 1.42 bits per heavy atom. The Morgan fingerprint density at radius 3 is 3.08 bits per heavy atom. The molecule has 0 spiro atoms. The minimum absolute atomic E-state index is 0.150. The fourth-order valence-electron chi connectivity index (χ4n) is 0.614. The Bertz CT molecular complexity index is 282. The van der Waals surface area contributed by atoms with Gasteiger partial charge in [0.05, 0.1) is 0 Å². The lowest BCUT2D eigenvalue weighted by Gasteiger charge is -1.93. The van der Waals surface area contributed by atoms with Crippen molar-refractivity contribution >= 4 is 0 Å². The third-order valence-electron chi connectivity index (χ3n) is 1.09. The molecule has 0 N–H and O–H groups in total. The minimum Gasteiger partial charge on any atom is -0.452 e. The average Bonchev–Trinajstić information content (AvgIpc) is 2.74. The van der Waals surface area contributed by atoms with Crippen LogP contribution in [0.25, 0.3) is 0 Å². The third kappa shape index (κ3) is 1.39. The van der Waals surface area contributed by atoms with Gasteiger partial charge in [-0.2, -0.15) is 4.98 Å². The number of ether oxygens (including phenoxy) is 1. The van der Waals surface area contributed by atoms with E-state index in [0.29, 0.717) is 5.89 Å². The molecule has 0 saturated carbocycles. The Kier molecular flexibility index (Phi) is 1.69. The largest absolute Gasteiger partial charge is 0.452 e. The van der Waals surface area contributed by atoms with Gasteiger partial charge in [0.25, 0.3) is 5.89 Å². The smallest absolute Gasteiger partial charge is 0.332 e. The summed E-state index contributed by atoms with van der Waals surface area (Å²) in [5.74, 6) is 0.583. The fraction of sp³-hybridized carbons (Fsp3) is 0.200. The van der Waals surface area contributed by atoms with E-state index in [-0.39, 0.29) is 12.6 Å². The van der Waals surface area contributed by atoms with Gasteiger partial charge in [0, 0.05) is 5.27 Å². The Hall–Kier alpha value is -1.92. The highest BCUT2D eigenvalue weighted by Gasteiger charge is 2.02. The van der Waals surface area contributed by atoms with Crippen molar-refractivity contribution in [1.29, 1.82) is 0 Å². The molecule has 0 aromatic carbocycles. The molecular formula is C5H4N4O3. The summed E-state index contributed by atoms with van der Waals surface area (Å²) in [5.41, 5.74) is 0. The fourth-order valence-corrected chi connectivity index (χ4v) is 0.614. The first-order valence-corrected chi connectivity index (χ1v) is 3.11. The molecule has 2 aromatic heterocycles. The van der Waals surface area contributed by atoms with Gasteiger partial charge in [-0.3, -0.25) is 4.52 Å². The number of hydrogen-bond donors (Lipinski definition) is 0. The van der Waals surface area contributed by atoms with Crippen LogP contribution >= 0.6 is 0 Å². The summed E-state index contributed by atoms with van der Waals surface area (Å²) in [6, 6.07) is 0. The van der Waals surface area contributed by atoms with Crippen molar-refractivity contribution in [2.75, 3.05) is 0 Å². The predicted molar refractivity (Wildman–Crippen MR) is 32.9 cm³/mol. The van der Waals surface area contributed by atoms with E-state index >= 15 is 0 Å². The molecule has 0 aliphatic heterocycles. The van der Waals surface area contributed by atoms with E-state index in [9.17, 15) is 0 Å². The van der Waals surface area contributed by atoms with E-state index in [1.807, 2.05) is 0 Å². The molecule has 2 aromatic rings. The lowest BCUT2D eigenvalue weighted by atomic mass is 10.7. The van der Waals surface area contributed by atoms with Gasteiger partial charge >= 0.3 is 5.95 Å². The molecule has 0 bridgehead atoms. The molecule has 0 amide bonds. The zero-order chi connectivity index (χ0) is 8.23. The first-order valence-electron chi connectivity index (χ1n) is 3.11. The Balaban J connectivity index is 1.91. The summed E-state index contributed by atoms with van der Waals surface area (Å²) in [4.78, 5) is 3.73. The molecule has 0 saturated heterocycles. The van der Waals surface area contributed by atoms with Gasteiger partial charge in [0.2, 0.25) is 0 Å². The van der Waals surface area contributed by atoms with Crippen LogP contribution in [-0.2, 0) is 6.61 Å². The number of rotatable bonds is 3. The van der Waals surface area contributed by atoms with Crippen molar-refractivity contribution < 1.29 is 13.8 Å². The molecule has 0 unspecified atom stereocenters. The molecule has 12 heavy (non-hydrogen) atoms. The van der Waals surface area contributed by atoms with Crippen LogP contribution in [0.5, 0.6) is 5.95 Å². The highest BCUT2D eigenvalue weighted by Crippen LogP contribution is 2.06. The zero-order valence-electron chi connectivity index (χ0n) is 5.88. The first kappa shape index (κ1) is 6.77. The van der Waals surface area contributed by atoms with Gasteiger partial charge in [-0.1, -0.05) is 5.16 Å². The summed E-state index contributed by atoms with van der Waals surface area (Å²) in [6.07, 6.45) is 2.63. The summed E-state index contributed by atoms with van der Waals surface area (Å²) in [7, 11) is 0. The quantitative estimate of drug-likeness (QED) is 0.638. The van der Waals surface area contributed by atoms with Gasteiger partial charge in [-0.25, -0.2) is 0 Å². The van der Waals surface area contributed by atoms with Crippen molar-refractivity contribution in [1.82, 2.24) is 20.5 Å². The van der Waals surface area contributed by atoms with E-state index in [2.05, 4.69) is 29.6 Å². The second-order valence-corrected chi connectivity index (χ2v) is 1.86. The SMILES string of the molecule is c1noc(COc2cnno2)n1. The molecule has 7 heteroatoms. The molecule has 0 atom stereocenters. The van der Waals surface area contributed by atoms with E-state index in [0.717, 1.165) is 0 Å². The second-order valence-electron chi connectivity index (χ2n) is 1.86. The van der Waals surface area contributed by atoms with E-state index in [1.54, 1.807) is 0 Å². The van der Waals surface area contributed by atoms with E-state index < -0.39 is 0 Å². The lowest BCUT2D eigenvalue weighted by Crippen LogP contribution is -1.93. The molecular weight excluding hydrogens is 164 g/mol. The summed E-state index contributed by atoms with van der Waals surface area (Å²) in [5, 5.41) is 10.0. The van der Waals surface area contributed by atoms with Gasteiger partial charge in [-0.15, -0.1) is 5.10 Å². The van der Waals surface area contributed by atoms with Gasteiger partial charge in [0.15, 0.2) is 12.9 Å². The van der Waals surface area contributed by atoms with Gasteiger partial charge in [0.1, 0.15) is 6.20 Å². The first-order chi connectivity index (χ1) is 5.95. The molecule has 0 aliphatic carbocycles. The van der Waals surface area contributed by atoms with Crippen molar-refractivity contribution in [2.45, 2.75) is 6.61 Å². The topological polar surface area (TPSA) is 87.1 Å². The standard InChI is InChI=1S/C5H4N4O3/c1-5(12-9-7-1)10-2-4-6-3-8-11-4/h1,3H,2H2. The van der Waals surface area contributed by atoms with Crippen LogP contribution in [-0.4, -0.2) is 20.5 Å². The number of nitrogens with zero attached hydrogens (tertiary/aromatic N) is 4. The van der Waals surface area contributed by atoms with Crippen LogP contribution in [0, 0.1) is 0 Å². The summed E-state index contributed by atoms with van der Waals surface area (Å²) >= 11 is 0. The highest BCUT2D eigenvalue weighted by molar-refractivity contribution is 4.92. The number of aromatic nitrogens is 4. The monoisotopic (exact) mass is 168 g/mol. The van der Waals surface area contributed by atoms with Crippen molar-refractivity contribution in [3.05, 3.63) is 18.4 Å². The van der Waals surface area contributed by atoms with Crippen molar-refractivity contribution in [3.63, 3.8) is 0 Å². The van der Waals surface area contributed by atoms with Crippen LogP contribution in [0.1, 0.15) is 5.89 Å². The molecule has 2 heterocycles. The van der Waals surface area contributed by atoms with Crippen LogP contribution in [0.2, 0.25) is 0 Å². The highest BCUT2D eigenvalue weighted by atomic mass is 16.6. The van der Waals surface area contributed by atoms with Crippen LogP contribution in [0.4, 0.5) is 0 Å². The molecule has 62 valence electrons. The van der Waals surface area contributed by atoms with Crippen molar-refractivity contribution in [2.24, 2.45) is 0 Å². The molecule has 0 fully saturated rings. The van der Waals surface area contributed by atoms with Crippen molar-refractivity contribution in [3.8, 4) is 5.95 Å². The third-order valence-corrected chi connectivity index (χ3v) is 1.09. The van der Waals surface area contributed by atoms with Crippen LogP contribution in [0.15, 0.2) is 21.6 Å². The van der Waals surface area contributed by atoms with Gasteiger partial charge < -0.3 is 9.26 Å². The Morgan fingerprint density at radius 2 is 2.42 bits per heavy atom. The van der Waals surface area contributed by atoms with E-state index in [4.69, 9.17) is 4.74 Å². The summed E-state index contributed by atoms with van der Waals surface area (Å²) < 4.78 is 14.2. The number of hydrogen-bond acceptors (Lipinski definition) is 7. The average molecular weight is 168 g/mol. The normalized spacial score (nSPS) is 10.0. The maximum atomic E-state index is 5.00. The maximum Gasteiger partial charge on any atom is 0.332 e. The molecule has 0 radical (unpaired) electrons. The lowest BCUT2D eigenvalue weighted by molar-refractivity contribution is 0.176. The molecule has 7 nitrogen and oxygen atoms in total. The molecule has 2 rings (SSSR count). The maximum absolute atomic E-state index is 5.00. The second kappa shape index (κ2) is 2.99.